The van der Waals surface area contributed by atoms with Gasteiger partial charge in [-0.1, -0.05) is 160 Å². The van der Waals surface area contributed by atoms with Crippen LogP contribution in [-0.4, -0.2) is 32.6 Å². The standard InChI is InChI=1S/C28H27O3S.C24BCl8F12/c1-4-12-24(13-5-1)30-22-20-29-21-23-31-27-18-10-11-19-28(27)32(25-14-6-2-7-15-25)26-16-8-3-9-17-26;26-5-1(13(34)21(42)17(38)9(5)30)25(2-6(27)10(31)18(39)22(43)14(2)35,3-7(28)11(32)19(40)23(44)15(3)36)4-8(29)12(33)20(41)24(45)16(4)37/h1-19H,20-23H2;/q+1;-1. The first-order valence-electron chi connectivity index (χ1n) is 21.7. The summed E-state index contributed by atoms with van der Waals surface area (Å²) in [6.45, 7) is 2.05. The Morgan fingerprint density at radius 2 is 0.610 bits per heavy atom. The van der Waals surface area contributed by atoms with Crippen LogP contribution in [0.4, 0.5) is 52.7 Å². The van der Waals surface area contributed by atoms with Gasteiger partial charge in [0.25, 0.3) is 0 Å². The van der Waals surface area contributed by atoms with E-state index in [1.165, 1.54) is 14.7 Å². The van der Waals surface area contributed by atoms with Crippen molar-refractivity contribution in [2.45, 2.75) is 14.7 Å². The second kappa shape index (κ2) is 25.6. The summed E-state index contributed by atoms with van der Waals surface area (Å²) in [6.07, 6.45) is -5.62. The summed E-state index contributed by atoms with van der Waals surface area (Å²) in [5.74, 6) is -29.5. The van der Waals surface area contributed by atoms with Gasteiger partial charge in [0, 0.05) is 20.1 Å². The van der Waals surface area contributed by atoms with Crippen LogP contribution in [0.15, 0.2) is 130 Å². The van der Waals surface area contributed by atoms with Gasteiger partial charge in [-0.3, -0.25) is 0 Å². The zero-order chi connectivity index (χ0) is 56.2. The molecule has 8 aromatic carbocycles. The molecule has 25 heteroatoms. The minimum atomic E-state index is -5.62. The molecular formula is C52H27BCl8F12O3S. The molecule has 402 valence electrons. The molecule has 0 atom stereocenters. The number of ether oxygens (including phenoxy) is 3. The summed E-state index contributed by atoms with van der Waals surface area (Å²) in [5.41, 5.74) is -8.47. The quantitative estimate of drug-likeness (QED) is 0.0256. The fraction of sp³-hybridized carbons (Fsp3) is 0.0769. The molecule has 0 N–H and O–H groups in total. The normalized spacial score (nSPS) is 11.5. The molecule has 0 unspecified atom stereocenters. The Morgan fingerprint density at radius 3 is 0.961 bits per heavy atom. The molecule has 77 heavy (non-hydrogen) atoms. The maximum atomic E-state index is 16.0. The number of hydrogen-bond acceptors (Lipinski definition) is 3. The van der Waals surface area contributed by atoms with Gasteiger partial charge >= 0.3 is 0 Å². The summed E-state index contributed by atoms with van der Waals surface area (Å²) >= 11 is 46.6. The van der Waals surface area contributed by atoms with Gasteiger partial charge in [-0.25, -0.2) is 52.7 Å². The molecule has 8 aromatic rings. The maximum Gasteiger partial charge on any atom is 0.208 e. The zero-order valence-electron chi connectivity index (χ0n) is 38.1. The predicted molar refractivity (Wildman–Crippen MR) is 279 cm³/mol. The van der Waals surface area contributed by atoms with E-state index >= 15 is 35.1 Å². The largest absolute Gasteiger partial charge is 0.491 e. The number of hydrogen-bond donors (Lipinski definition) is 0. The van der Waals surface area contributed by atoms with Crippen LogP contribution in [0.2, 0.25) is 40.2 Å². The summed E-state index contributed by atoms with van der Waals surface area (Å²) in [4.78, 5) is 3.71. The lowest BCUT2D eigenvalue weighted by Gasteiger charge is -2.46. The van der Waals surface area contributed by atoms with Crippen LogP contribution in [0.3, 0.4) is 0 Å². The lowest BCUT2D eigenvalue weighted by molar-refractivity contribution is 0.0757. The molecule has 0 aliphatic heterocycles. The van der Waals surface area contributed by atoms with E-state index in [0.29, 0.717) is 26.4 Å². The SMILES string of the molecule is Fc1c(F)c(Cl)c(Cl)c([B-](c2c(F)c(F)c(F)c(Cl)c2Cl)(c2c(F)c(F)c(F)c(Cl)c2Cl)c2c(F)c(F)c(F)c(Cl)c2Cl)c1F.c1ccc(OCCOCCOc2ccccc2[S+](c2ccccc2)c2ccccc2)cc1. The molecule has 0 saturated heterocycles. The Labute approximate surface area is 473 Å². The van der Waals surface area contributed by atoms with Crippen LogP contribution < -0.4 is 31.3 Å². The fourth-order valence-electron chi connectivity index (χ4n) is 8.16. The Balaban J connectivity index is 0.000000236. The van der Waals surface area contributed by atoms with Crippen LogP contribution in [0.5, 0.6) is 11.5 Å². The van der Waals surface area contributed by atoms with Crippen molar-refractivity contribution in [1.82, 2.24) is 0 Å². The molecule has 0 saturated carbocycles. The first-order chi connectivity index (χ1) is 36.6. The van der Waals surface area contributed by atoms with E-state index in [1.807, 2.05) is 42.5 Å². The third-order valence-corrected chi connectivity index (χ3v) is 17.1. The van der Waals surface area contributed by atoms with Gasteiger partial charge in [0.1, 0.15) is 59.3 Å². The van der Waals surface area contributed by atoms with Crippen LogP contribution >= 0.6 is 92.8 Å². The molecule has 0 amide bonds. The highest BCUT2D eigenvalue weighted by Gasteiger charge is 2.50. The second-order valence-electron chi connectivity index (χ2n) is 15.8. The Hall–Kier alpha value is -4.79. The monoisotopic (exact) mass is 1250 g/mol. The van der Waals surface area contributed by atoms with Gasteiger partial charge in [-0.15, -0.1) is 21.9 Å². The third kappa shape index (κ3) is 11.5. The van der Waals surface area contributed by atoms with Crippen molar-refractivity contribution in [2.75, 3.05) is 26.4 Å². The van der Waals surface area contributed by atoms with E-state index in [4.69, 9.17) is 107 Å². The first-order valence-corrected chi connectivity index (χ1v) is 25.9. The molecule has 0 radical (unpaired) electrons. The molecular weight excluding hydrogens is 1230 g/mol. The van der Waals surface area contributed by atoms with Crippen molar-refractivity contribution in [3.05, 3.63) is 225 Å². The van der Waals surface area contributed by atoms with Gasteiger partial charge in [0.05, 0.1) is 33.3 Å². The zero-order valence-corrected chi connectivity index (χ0v) is 44.9. The van der Waals surface area contributed by atoms with Crippen molar-refractivity contribution in [1.29, 1.82) is 0 Å². The highest BCUT2D eigenvalue weighted by molar-refractivity contribution is 7.97. The average Bonchev–Trinajstić information content (AvgIpc) is 3.60. The minimum absolute atomic E-state index is 0.243. The van der Waals surface area contributed by atoms with E-state index in [0.717, 1.165) is 11.5 Å². The Bertz CT molecular complexity index is 3070. The molecule has 3 nitrogen and oxygen atoms in total. The van der Waals surface area contributed by atoms with E-state index in [9.17, 15) is 17.6 Å². The van der Waals surface area contributed by atoms with Crippen LogP contribution in [-0.2, 0) is 15.6 Å². The second-order valence-corrected chi connectivity index (χ2v) is 20.8. The number of para-hydroxylation sites is 2. The average molecular weight is 1250 g/mol. The van der Waals surface area contributed by atoms with E-state index in [-0.39, 0.29) is 10.9 Å². The smallest absolute Gasteiger partial charge is 0.208 e. The lowest BCUT2D eigenvalue weighted by atomic mass is 9.12. The summed E-state index contributed by atoms with van der Waals surface area (Å²) in [5, 5.41) is -13.9. The van der Waals surface area contributed by atoms with Crippen LogP contribution in [0.25, 0.3) is 0 Å². The highest BCUT2D eigenvalue weighted by atomic mass is 35.5. The van der Waals surface area contributed by atoms with Gasteiger partial charge in [-0.2, -0.15) is 0 Å². The predicted octanol–water partition coefficient (Wildman–Crippen LogP) is 16.2. The number of halogens is 20. The summed E-state index contributed by atoms with van der Waals surface area (Å²) < 4.78 is 200. The molecule has 8 rings (SSSR count). The molecule has 0 spiro atoms. The number of rotatable bonds is 15. The lowest BCUT2D eigenvalue weighted by Crippen LogP contribution is -2.79. The van der Waals surface area contributed by atoms with Gasteiger partial charge in [-0.05, 0) is 48.5 Å². The molecule has 0 aliphatic rings. The highest BCUT2D eigenvalue weighted by Crippen LogP contribution is 2.41. The fourth-order valence-corrected chi connectivity index (χ4v) is 12.4. The van der Waals surface area contributed by atoms with Gasteiger partial charge in [0.2, 0.25) is 4.90 Å². The Kier molecular flexibility index (Phi) is 19.9. The minimum Gasteiger partial charge on any atom is -0.491 e. The van der Waals surface area contributed by atoms with Gasteiger partial charge in [0.15, 0.2) is 62.1 Å². The molecule has 0 aromatic heterocycles. The molecule has 0 aliphatic carbocycles. The van der Waals surface area contributed by atoms with E-state index in [1.54, 1.807) is 0 Å². The Morgan fingerprint density at radius 1 is 0.312 bits per heavy atom. The van der Waals surface area contributed by atoms with Crippen LogP contribution in [0, 0.1) is 69.8 Å². The van der Waals surface area contributed by atoms with Gasteiger partial charge < -0.3 is 14.2 Å². The molecule has 0 heterocycles. The van der Waals surface area contributed by atoms with Crippen molar-refractivity contribution < 1.29 is 66.9 Å². The number of benzene rings is 8. The first kappa shape index (κ1) is 59.9. The van der Waals surface area contributed by atoms with E-state index < -0.39 is 138 Å². The molecule has 0 fully saturated rings. The topological polar surface area (TPSA) is 27.7 Å². The maximum absolute atomic E-state index is 16.0. The van der Waals surface area contributed by atoms with E-state index in [2.05, 4.69) is 72.8 Å². The summed E-state index contributed by atoms with van der Waals surface area (Å²) in [6, 6.07) is 39.3. The third-order valence-electron chi connectivity index (χ3n) is 11.5. The summed E-state index contributed by atoms with van der Waals surface area (Å²) in [7, 11) is -0.243. The van der Waals surface area contributed by atoms with Crippen molar-refractivity contribution >= 4 is 132 Å². The van der Waals surface area contributed by atoms with Crippen LogP contribution in [0.1, 0.15) is 0 Å². The van der Waals surface area contributed by atoms with Crippen molar-refractivity contribution in [3.8, 4) is 11.5 Å². The van der Waals surface area contributed by atoms with Crippen molar-refractivity contribution in [2.24, 2.45) is 0 Å². The van der Waals surface area contributed by atoms with Crippen molar-refractivity contribution in [3.63, 3.8) is 0 Å². The molecule has 0 bridgehead atoms.